The van der Waals surface area contributed by atoms with Gasteiger partial charge in [0, 0.05) is 22.3 Å². The lowest BCUT2D eigenvalue weighted by molar-refractivity contribution is -0.387. The van der Waals surface area contributed by atoms with Gasteiger partial charge in [0.15, 0.2) is 6.61 Å². The number of carbonyl (C=O) groups is 1. The fraction of sp³-hybridized carbons (Fsp3) is 0.133. The van der Waals surface area contributed by atoms with Crippen LogP contribution in [0.25, 0.3) is 0 Å². The molecule has 0 radical (unpaired) electrons. The number of nitro benzene ring substituents is 1. The van der Waals surface area contributed by atoms with E-state index in [4.69, 9.17) is 4.74 Å². The van der Waals surface area contributed by atoms with E-state index >= 15 is 0 Å². The number of benzene rings is 2. The van der Waals surface area contributed by atoms with Crippen LogP contribution in [-0.2, 0) is 4.79 Å². The summed E-state index contributed by atoms with van der Waals surface area (Å²) >= 11 is 3.36. The van der Waals surface area contributed by atoms with Gasteiger partial charge in [0.1, 0.15) is 5.75 Å². The van der Waals surface area contributed by atoms with Crippen LogP contribution in [0, 0.1) is 22.9 Å². The standard InChI is InChI=1S/C15H12BrFN2O4/c1-9-6-10(2-4-12(9)16)18-15(20)8-23-11-3-5-14(19(21)22)13(17)7-11/h2-7H,8H2,1H3,(H,18,20). The van der Waals surface area contributed by atoms with Gasteiger partial charge in [0.05, 0.1) is 4.92 Å². The fourth-order valence-corrected chi connectivity index (χ4v) is 2.04. The highest BCUT2D eigenvalue weighted by Crippen LogP contribution is 2.22. The van der Waals surface area contributed by atoms with Gasteiger partial charge in [-0.15, -0.1) is 0 Å². The molecule has 0 aliphatic carbocycles. The van der Waals surface area contributed by atoms with Crippen molar-refractivity contribution in [3.63, 3.8) is 0 Å². The number of ether oxygens (including phenoxy) is 1. The Morgan fingerprint density at radius 3 is 2.70 bits per heavy atom. The van der Waals surface area contributed by atoms with Gasteiger partial charge in [0.2, 0.25) is 5.82 Å². The molecule has 0 heterocycles. The van der Waals surface area contributed by atoms with Crippen LogP contribution >= 0.6 is 15.9 Å². The quantitative estimate of drug-likeness (QED) is 0.629. The molecule has 0 fully saturated rings. The summed E-state index contributed by atoms with van der Waals surface area (Å²) in [7, 11) is 0. The largest absolute Gasteiger partial charge is 0.484 e. The second kappa shape index (κ2) is 7.19. The Bertz CT molecular complexity index is 767. The van der Waals surface area contributed by atoms with Crippen LogP contribution in [0.4, 0.5) is 15.8 Å². The predicted octanol–water partition coefficient (Wildman–Crippen LogP) is 3.82. The molecule has 0 bridgehead atoms. The summed E-state index contributed by atoms with van der Waals surface area (Å²) in [5.41, 5.74) is 0.919. The van der Waals surface area contributed by atoms with Crippen LogP contribution < -0.4 is 10.1 Å². The molecule has 0 aromatic heterocycles. The number of amides is 1. The van der Waals surface area contributed by atoms with Gasteiger partial charge in [-0.25, -0.2) is 0 Å². The summed E-state index contributed by atoms with van der Waals surface area (Å²) in [4.78, 5) is 21.5. The monoisotopic (exact) mass is 382 g/mol. The lowest BCUT2D eigenvalue weighted by Gasteiger charge is -2.09. The van der Waals surface area contributed by atoms with Crippen molar-refractivity contribution in [3.05, 3.63) is 62.4 Å². The van der Waals surface area contributed by atoms with Crippen molar-refractivity contribution >= 4 is 33.2 Å². The molecule has 0 aliphatic rings. The van der Waals surface area contributed by atoms with Gasteiger partial charge in [-0.1, -0.05) is 15.9 Å². The van der Waals surface area contributed by atoms with Crippen LogP contribution in [-0.4, -0.2) is 17.4 Å². The molecule has 0 saturated carbocycles. The molecule has 23 heavy (non-hydrogen) atoms. The molecule has 0 aliphatic heterocycles. The highest BCUT2D eigenvalue weighted by molar-refractivity contribution is 9.10. The molecule has 2 aromatic rings. The van der Waals surface area contributed by atoms with Gasteiger partial charge < -0.3 is 10.1 Å². The zero-order valence-electron chi connectivity index (χ0n) is 12.0. The van der Waals surface area contributed by atoms with Crippen molar-refractivity contribution in [1.82, 2.24) is 0 Å². The first kappa shape index (κ1) is 16.9. The maximum absolute atomic E-state index is 13.4. The molecular formula is C15H12BrFN2O4. The summed E-state index contributed by atoms with van der Waals surface area (Å²) in [6.07, 6.45) is 0. The Morgan fingerprint density at radius 2 is 2.09 bits per heavy atom. The van der Waals surface area contributed by atoms with Crippen molar-refractivity contribution in [2.75, 3.05) is 11.9 Å². The number of nitrogens with one attached hydrogen (secondary N) is 1. The molecule has 1 N–H and O–H groups in total. The molecular weight excluding hydrogens is 371 g/mol. The highest BCUT2D eigenvalue weighted by atomic mass is 79.9. The number of nitrogens with zero attached hydrogens (tertiary/aromatic N) is 1. The first-order valence-corrected chi connectivity index (χ1v) is 7.29. The first-order chi connectivity index (χ1) is 10.9. The zero-order chi connectivity index (χ0) is 17.0. The summed E-state index contributed by atoms with van der Waals surface area (Å²) in [5.74, 6) is -1.41. The van der Waals surface area contributed by atoms with Gasteiger partial charge in [-0.3, -0.25) is 14.9 Å². The van der Waals surface area contributed by atoms with Crippen LogP contribution in [0.1, 0.15) is 5.56 Å². The minimum atomic E-state index is -1.02. The van der Waals surface area contributed by atoms with E-state index in [1.54, 1.807) is 18.2 Å². The summed E-state index contributed by atoms with van der Waals surface area (Å²) in [5, 5.41) is 13.1. The highest BCUT2D eigenvalue weighted by Gasteiger charge is 2.14. The van der Waals surface area contributed by atoms with Crippen molar-refractivity contribution in [2.24, 2.45) is 0 Å². The topological polar surface area (TPSA) is 81.5 Å². The van der Waals surface area contributed by atoms with Crippen molar-refractivity contribution in [3.8, 4) is 5.75 Å². The third-order valence-electron chi connectivity index (χ3n) is 2.93. The molecule has 0 spiro atoms. The normalized spacial score (nSPS) is 10.2. The van der Waals surface area contributed by atoms with Crippen LogP contribution in [0.2, 0.25) is 0 Å². The number of anilines is 1. The first-order valence-electron chi connectivity index (χ1n) is 6.49. The van der Waals surface area contributed by atoms with E-state index < -0.39 is 22.3 Å². The third-order valence-corrected chi connectivity index (χ3v) is 3.82. The summed E-state index contributed by atoms with van der Waals surface area (Å²) in [6, 6.07) is 8.40. The maximum atomic E-state index is 13.4. The number of rotatable bonds is 5. The van der Waals surface area contributed by atoms with Gasteiger partial charge in [-0.2, -0.15) is 4.39 Å². The van der Waals surface area contributed by atoms with Crippen LogP contribution in [0.15, 0.2) is 40.9 Å². The summed E-state index contributed by atoms with van der Waals surface area (Å²) < 4.78 is 19.5. The van der Waals surface area contributed by atoms with E-state index in [9.17, 15) is 19.3 Å². The van der Waals surface area contributed by atoms with E-state index in [0.29, 0.717) is 5.69 Å². The van der Waals surface area contributed by atoms with E-state index in [1.165, 1.54) is 6.07 Å². The maximum Gasteiger partial charge on any atom is 0.305 e. The fourth-order valence-electron chi connectivity index (χ4n) is 1.79. The number of halogens is 2. The van der Waals surface area contributed by atoms with Crippen molar-refractivity contribution in [2.45, 2.75) is 6.92 Å². The smallest absolute Gasteiger partial charge is 0.305 e. The Balaban J connectivity index is 1.95. The molecule has 0 atom stereocenters. The van der Waals surface area contributed by atoms with Gasteiger partial charge in [-0.05, 0) is 36.8 Å². The molecule has 6 nitrogen and oxygen atoms in total. The van der Waals surface area contributed by atoms with E-state index in [2.05, 4.69) is 21.2 Å². The number of hydrogen-bond donors (Lipinski definition) is 1. The zero-order valence-corrected chi connectivity index (χ0v) is 13.6. The number of aryl methyl sites for hydroxylation is 1. The second-order valence-electron chi connectivity index (χ2n) is 4.67. The number of hydrogen-bond acceptors (Lipinski definition) is 4. The molecule has 120 valence electrons. The van der Waals surface area contributed by atoms with Crippen LogP contribution in [0.5, 0.6) is 5.75 Å². The molecule has 0 unspecified atom stereocenters. The predicted molar refractivity (Wildman–Crippen MR) is 86.1 cm³/mol. The van der Waals surface area contributed by atoms with E-state index in [1.807, 2.05) is 6.92 Å². The lowest BCUT2D eigenvalue weighted by Crippen LogP contribution is -2.20. The molecule has 1 amide bonds. The Labute approximate surface area is 139 Å². The van der Waals surface area contributed by atoms with E-state index in [-0.39, 0.29) is 12.4 Å². The molecule has 8 heteroatoms. The SMILES string of the molecule is Cc1cc(NC(=O)COc2ccc([N+](=O)[O-])c(F)c2)ccc1Br. The Hall–Kier alpha value is -2.48. The second-order valence-corrected chi connectivity index (χ2v) is 5.53. The Kier molecular flexibility index (Phi) is 5.28. The third kappa shape index (κ3) is 4.49. The van der Waals surface area contributed by atoms with Gasteiger partial charge >= 0.3 is 5.69 Å². The molecule has 0 saturated heterocycles. The minimum absolute atomic E-state index is 0.0373. The van der Waals surface area contributed by atoms with Crippen molar-refractivity contribution in [1.29, 1.82) is 0 Å². The summed E-state index contributed by atoms with van der Waals surface area (Å²) in [6.45, 7) is 1.54. The molecule has 2 aromatic carbocycles. The van der Waals surface area contributed by atoms with Crippen LogP contribution in [0.3, 0.4) is 0 Å². The average Bonchev–Trinajstić information content (AvgIpc) is 2.48. The average molecular weight is 383 g/mol. The minimum Gasteiger partial charge on any atom is -0.484 e. The number of carbonyl (C=O) groups excluding carboxylic acids is 1. The lowest BCUT2D eigenvalue weighted by atomic mass is 10.2. The van der Waals surface area contributed by atoms with Crippen molar-refractivity contribution < 1.29 is 18.8 Å². The Morgan fingerprint density at radius 1 is 1.35 bits per heavy atom. The molecule has 2 rings (SSSR count). The number of nitro groups is 1. The van der Waals surface area contributed by atoms with E-state index in [0.717, 1.165) is 22.2 Å². The van der Waals surface area contributed by atoms with Gasteiger partial charge in [0.25, 0.3) is 5.91 Å².